The lowest BCUT2D eigenvalue weighted by atomic mass is 10.1. The SMILES string of the molecule is CCCCCCCCOCC(F)(F)C(F)(F)F. The molecule has 6 heteroatoms. The van der Waals surface area contributed by atoms with Crippen molar-refractivity contribution in [3.63, 3.8) is 0 Å². The third-order valence-corrected chi connectivity index (χ3v) is 2.34. The summed E-state index contributed by atoms with van der Waals surface area (Å²) < 4.78 is 64.2. The minimum Gasteiger partial charge on any atom is -0.375 e. The van der Waals surface area contributed by atoms with Crippen LogP contribution in [0.4, 0.5) is 22.0 Å². The Balaban J connectivity index is 3.46. The fourth-order valence-electron chi connectivity index (χ4n) is 1.27. The summed E-state index contributed by atoms with van der Waals surface area (Å²) in [5.74, 6) is -4.74. The summed E-state index contributed by atoms with van der Waals surface area (Å²) in [6, 6.07) is 0. The summed E-state index contributed by atoms with van der Waals surface area (Å²) in [7, 11) is 0. The molecular formula is C11H19F5O. The molecule has 0 spiro atoms. The molecule has 0 atom stereocenters. The molecular weight excluding hydrogens is 243 g/mol. The third kappa shape index (κ3) is 7.52. The van der Waals surface area contributed by atoms with E-state index in [1.54, 1.807) is 0 Å². The molecule has 0 rings (SSSR count). The van der Waals surface area contributed by atoms with Crippen LogP contribution in [0.1, 0.15) is 45.4 Å². The highest BCUT2D eigenvalue weighted by Gasteiger charge is 2.57. The van der Waals surface area contributed by atoms with E-state index < -0.39 is 18.7 Å². The van der Waals surface area contributed by atoms with Crippen molar-refractivity contribution in [1.82, 2.24) is 0 Å². The Hall–Kier alpha value is -0.390. The molecule has 0 aromatic carbocycles. The van der Waals surface area contributed by atoms with E-state index >= 15 is 0 Å². The molecule has 0 N–H and O–H groups in total. The average Bonchev–Trinajstić information content (AvgIpc) is 2.20. The van der Waals surface area contributed by atoms with Gasteiger partial charge in [-0.05, 0) is 6.42 Å². The predicted octanol–water partition coefficient (Wildman–Crippen LogP) is 4.56. The molecule has 1 nitrogen and oxygen atoms in total. The van der Waals surface area contributed by atoms with Gasteiger partial charge in [-0.25, -0.2) is 0 Å². The van der Waals surface area contributed by atoms with E-state index in [0.717, 1.165) is 32.1 Å². The smallest absolute Gasteiger partial charge is 0.375 e. The lowest BCUT2D eigenvalue weighted by molar-refractivity contribution is -0.296. The van der Waals surface area contributed by atoms with Crippen LogP contribution in [0, 0.1) is 0 Å². The molecule has 0 bridgehead atoms. The molecule has 17 heavy (non-hydrogen) atoms. The summed E-state index contributed by atoms with van der Waals surface area (Å²) >= 11 is 0. The van der Waals surface area contributed by atoms with E-state index in [-0.39, 0.29) is 6.61 Å². The van der Waals surface area contributed by atoms with Crippen molar-refractivity contribution in [3.05, 3.63) is 0 Å². The highest BCUT2D eigenvalue weighted by molar-refractivity contribution is 4.74. The highest BCUT2D eigenvalue weighted by atomic mass is 19.4. The molecule has 0 heterocycles. The maximum absolute atomic E-state index is 12.4. The van der Waals surface area contributed by atoms with Gasteiger partial charge >= 0.3 is 12.1 Å². The second-order valence-corrected chi connectivity index (χ2v) is 4.02. The number of ether oxygens (including phenoxy) is 1. The van der Waals surface area contributed by atoms with Crippen molar-refractivity contribution in [2.45, 2.75) is 57.5 Å². The summed E-state index contributed by atoms with van der Waals surface area (Å²) in [5, 5.41) is 0. The van der Waals surface area contributed by atoms with Gasteiger partial charge in [-0.15, -0.1) is 0 Å². The van der Waals surface area contributed by atoms with E-state index in [4.69, 9.17) is 0 Å². The standard InChI is InChI=1S/C11H19F5O/c1-2-3-4-5-6-7-8-17-9-10(12,13)11(14,15)16/h2-9H2,1H3. The predicted molar refractivity (Wildman–Crippen MR) is 55.2 cm³/mol. The Kier molecular flexibility index (Phi) is 7.66. The zero-order valence-corrected chi connectivity index (χ0v) is 9.95. The van der Waals surface area contributed by atoms with Crippen molar-refractivity contribution >= 4 is 0 Å². The van der Waals surface area contributed by atoms with Crippen LogP contribution in [0.25, 0.3) is 0 Å². The first-order chi connectivity index (χ1) is 7.81. The van der Waals surface area contributed by atoms with Gasteiger partial charge in [-0.3, -0.25) is 0 Å². The number of alkyl halides is 5. The molecule has 0 radical (unpaired) electrons. The average molecular weight is 262 g/mol. The largest absolute Gasteiger partial charge is 0.455 e. The van der Waals surface area contributed by atoms with E-state index in [2.05, 4.69) is 11.7 Å². The molecule has 0 aromatic rings. The van der Waals surface area contributed by atoms with Crippen LogP contribution >= 0.6 is 0 Å². The van der Waals surface area contributed by atoms with E-state index in [9.17, 15) is 22.0 Å². The molecule has 0 saturated carbocycles. The fourth-order valence-corrected chi connectivity index (χ4v) is 1.27. The normalized spacial score (nSPS) is 13.1. The number of rotatable bonds is 9. The monoisotopic (exact) mass is 262 g/mol. The second-order valence-electron chi connectivity index (χ2n) is 4.02. The lowest BCUT2D eigenvalue weighted by Crippen LogP contribution is -2.40. The Labute approximate surface area is 98.3 Å². The molecule has 0 aliphatic rings. The summed E-state index contributed by atoms with van der Waals surface area (Å²) in [6.45, 7) is 0.450. The van der Waals surface area contributed by atoms with Crippen LogP contribution in [-0.2, 0) is 4.74 Å². The van der Waals surface area contributed by atoms with Gasteiger partial charge in [0.2, 0.25) is 0 Å². The van der Waals surface area contributed by atoms with Crippen LogP contribution in [-0.4, -0.2) is 25.3 Å². The molecule has 0 aliphatic heterocycles. The topological polar surface area (TPSA) is 9.23 Å². The Bertz CT molecular complexity index is 191. The van der Waals surface area contributed by atoms with Gasteiger partial charge in [-0.1, -0.05) is 39.0 Å². The third-order valence-electron chi connectivity index (χ3n) is 2.34. The van der Waals surface area contributed by atoms with Gasteiger partial charge in [0.25, 0.3) is 0 Å². The Morgan fingerprint density at radius 2 is 1.35 bits per heavy atom. The minimum absolute atomic E-state index is 0.0439. The minimum atomic E-state index is -5.52. The maximum atomic E-state index is 12.4. The molecule has 0 aromatic heterocycles. The molecule has 0 fully saturated rings. The van der Waals surface area contributed by atoms with Crippen molar-refractivity contribution in [2.75, 3.05) is 13.2 Å². The van der Waals surface area contributed by atoms with Crippen LogP contribution in [0.5, 0.6) is 0 Å². The van der Waals surface area contributed by atoms with E-state index in [0.29, 0.717) is 6.42 Å². The first-order valence-corrected chi connectivity index (χ1v) is 5.83. The number of halogens is 5. The molecule has 0 unspecified atom stereocenters. The molecule has 0 saturated heterocycles. The number of hydrogen-bond acceptors (Lipinski definition) is 1. The Morgan fingerprint density at radius 1 is 0.824 bits per heavy atom. The Morgan fingerprint density at radius 3 is 1.88 bits per heavy atom. The zero-order chi connectivity index (χ0) is 13.4. The first kappa shape index (κ1) is 16.6. The van der Waals surface area contributed by atoms with Crippen molar-refractivity contribution in [1.29, 1.82) is 0 Å². The summed E-state index contributed by atoms with van der Waals surface area (Å²) in [6.07, 6.45) is 0.0623. The van der Waals surface area contributed by atoms with E-state index in [1.165, 1.54) is 0 Å². The van der Waals surface area contributed by atoms with Crippen LogP contribution in [0.15, 0.2) is 0 Å². The van der Waals surface area contributed by atoms with E-state index in [1.807, 2.05) is 0 Å². The van der Waals surface area contributed by atoms with Crippen molar-refractivity contribution in [2.24, 2.45) is 0 Å². The van der Waals surface area contributed by atoms with Gasteiger partial charge in [0.15, 0.2) is 0 Å². The lowest BCUT2D eigenvalue weighted by Gasteiger charge is -2.19. The summed E-state index contributed by atoms with van der Waals surface area (Å²) in [4.78, 5) is 0. The van der Waals surface area contributed by atoms with Gasteiger partial charge in [-0.2, -0.15) is 22.0 Å². The number of unbranched alkanes of at least 4 members (excludes halogenated alkanes) is 5. The molecule has 0 amide bonds. The van der Waals surface area contributed by atoms with Crippen LogP contribution in [0.2, 0.25) is 0 Å². The second kappa shape index (κ2) is 7.84. The maximum Gasteiger partial charge on any atom is 0.455 e. The number of hydrogen-bond donors (Lipinski definition) is 0. The highest BCUT2D eigenvalue weighted by Crippen LogP contribution is 2.35. The van der Waals surface area contributed by atoms with Gasteiger partial charge in [0, 0.05) is 6.61 Å². The zero-order valence-electron chi connectivity index (χ0n) is 9.95. The molecule has 0 aliphatic carbocycles. The van der Waals surface area contributed by atoms with Gasteiger partial charge in [0.05, 0.1) is 0 Å². The van der Waals surface area contributed by atoms with Gasteiger partial charge < -0.3 is 4.74 Å². The van der Waals surface area contributed by atoms with Gasteiger partial charge in [0.1, 0.15) is 6.61 Å². The summed E-state index contributed by atoms with van der Waals surface area (Å²) in [5.41, 5.74) is 0. The fraction of sp³-hybridized carbons (Fsp3) is 1.00. The van der Waals surface area contributed by atoms with Crippen LogP contribution < -0.4 is 0 Å². The van der Waals surface area contributed by atoms with Crippen molar-refractivity contribution in [3.8, 4) is 0 Å². The molecule has 104 valence electrons. The quantitative estimate of drug-likeness (QED) is 0.437. The van der Waals surface area contributed by atoms with Crippen molar-refractivity contribution < 1.29 is 26.7 Å². The van der Waals surface area contributed by atoms with Crippen LogP contribution in [0.3, 0.4) is 0 Å². The first-order valence-electron chi connectivity index (χ1n) is 5.83.